The van der Waals surface area contributed by atoms with Gasteiger partial charge in [0.1, 0.15) is 18.1 Å². The monoisotopic (exact) mass is 277 g/mol. The van der Waals surface area contributed by atoms with E-state index in [-0.39, 0.29) is 0 Å². The summed E-state index contributed by atoms with van der Waals surface area (Å²) >= 11 is 1.70. The molecule has 1 aromatic heterocycles. The Hall–Kier alpha value is -1.52. The largest absolute Gasteiger partial charge is 0.497 e. The molecule has 2 aromatic rings. The van der Waals surface area contributed by atoms with E-state index in [1.807, 2.05) is 24.3 Å². The summed E-state index contributed by atoms with van der Waals surface area (Å²) in [5.41, 5.74) is 1.15. The lowest BCUT2D eigenvalue weighted by Gasteiger charge is -2.12. The van der Waals surface area contributed by atoms with Gasteiger partial charge in [-0.15, -0.1) is 11.3 Å². The first kappa shape index (κ1) is 13.9. The first-order valence-electron chi connectivity index (χ1n) is 6.36. The standard InChI is InChI=1S/C15H19NO2S/c1-3-16-10-12-6-7-13(17-2)9-15(12)18-11-14-5-4-8-19-14/h4-9,16H,3,10-11H2,1-2H3. The van der Waals surface area contributed by atoms with Crippen molar-refractivity contribution in [2.75, 3.05) is 13.7 Å². The molecule has 0 aliphatic rings. The number of hydrogen-bond acceptors (Lipinski definition) is 4. The van der Waals surface area contributed by atoms with Gasteiger partial charge in [-0.05, 0) is 24.1 Å². The molecule has 0 aliphatic heterocycles. The lowest BCUT2D eigenvalue weighted by atomic mass is 10.2. The third-order valence-electron chi connectivity index (χ3n) is 2.79. The molecule has 0 radical (unpaired) electrons. The van der Waals surface area contributed by atoms with Crippen molar-refractivity contribution in [3.05, 3.63) is 46.2 Å². The molecule has 0 saturated carbocycles. The van der Waals surface area contributed by atoms with Crippen LogP contribution in [0.15, 0.2) is 35.7 Å². The zero-order valence-corrected chi connectivity index (χ0v) is 12.1. The number of methoxy groups -OCH3 is 1. The Labute approximate surface area is 118 Å². The molecule has 0 fully saturated rings. The summed E-state index contributed by atoms with van der Waals surface area (Å²) in [6, 6.07) is 10.1. The predicted octanol–water partition coefficient (Wildman–Crippen LogP) is 3.45. The number of nitrogens with one attached hydrogen (secondary N) is 1. The van der Waals surface area contributed by atoms with E-state index < -0.39 is 0 Å². The van der Waals surface area contributed by atoms with Crippen molar-refractivity contribution in [1.82, 2.24) is 5.32 Å². The molecule has 1 aromatic carbocycles. The van der Waals surface area contributed by atoms with Crippen LogP contribution in [0, 0.1) is 0 Å². The molecule has 0 unspecified atom stereocenters. The van der Waals surface area contributed by atoms with Crippen LogP contribution >= 0.6 is 11.3 Å². The van der Waals surface area contributed by atoms with Crippen molar-refractivity contribution in [2.24, 2.45) is 0 Å². The molecule has 1 N–H and O–H groups in total. The van der Waals surface area contributed by atoms with Gasteiger partial charge in [-0.25, -0.2) is 0 Å². The molecule has 0 atom stereocenters. The smallest absolute Gasteiger partial charge is 0.128 e. The minimum atomic E-state index is 0.601. The van der Waals surface area contributed by atoms with Crippen LogP contribution in [-0.4, -0.2) is 13.7 Å². The first-order chi connectivity index (χ1) is 9.33. The second kappa shape index (κ2) is 7.16. The molecule has 3 nitrogen and oxygen atoms in total. The van der Waals surface area contributed by atoms with E-state index in [1.165, 1.54) is 4.88 Å². The number of rotatable bonds is 7. The van der Waals surface area contributed by atoms with Crippen molar-refractivity contribution in [3.63, 3.8) is 0 Å². The Morgan fingerprint density at radius 1 is 1.26 bits per heavy atom. The highest BCUT2D eigenvalue weighted by molar-refractivity contribution is 7.09. The van der Waals surface area contributed by atoms with Crippen molar-refractivity contribution in [3.8, 4) is 11.5 Å². The molecule has 0 saturated heterocycles. The number of benzene rings is 1. The number of ether oxygens (including phenoxy) is 2. The van der Waals surface area contributed by atoms with Crippen LogP contribution in [0.5, 0.6) is 11.5 Å². The summed E-state index contributed by atoms with van der Waals surface area (Å²) in [7, 11) is 1.67. The van der Waals surface area contributed by atoms with Gasteiger partial charge in [0.2, 0.25) is 0 Å². The summed E-state index contributed by atoms with van der Waals surface area (Å²) in [5.74, 6) is 1.70. The fraction of sp³-hybridized carbons (Fsp3) is 0.333. The van der Waals surface area contributed by atoms with Crippen molar-refractivity contribution >= 4 is 11.3 Å². The Morgan fingerprint density at radius 3 is 2.84 bits per heavy atom. The number of hydrogen-bond donors (Lipinski definition) is 1. The maximum absolute atomic E-state index is 5.91. The Kier molecular flexibility index (Phi) is 5.24. The van der Waals surface area contributed by atoms with Gasteiger partial charge in [0.05, 0.1) is 7.11 Å². The van der Waals surface area contributed by atoms with E-state index in [2.05, 4.69) is 23.7 Å². The van der Waals surface area contributed by atoms with Gasteiger partial charge < -0.3 is 14.8 Å². The van der Waals surface area contributed by atoms with E-state index in [4.69, 9.17) is 9.47 Å². The maximum Gasteiger partial charge on any atom is 0.128 e. The van der Waals surface area contributed by atoms with E-state index in [1.54, 1.807) is 18.4 Å². The van der Waals surface area contributed by atoms with Gasteiger partial charge in [0.25, 0.3) is 0 Å². The second-order valence-corrected chi connectivity index (χ2v) is 5.15. The highest BCUT2D eigenvalue weighted by Gasteiger charge is 2.06. The molecule has 102 valence electrons. The van der Waals surface area contributed by atoms with Gasteiger partial charge in [-0.2, -0.15) is 0 Å². The normalized spacial score (nSPS) is 10.4. The average Bonchev–Trinajstić information content (AvgIpc) is 2.96. The van der Waals surface area contributed by atoms with Crippen LogP contribution in [0.25, 0.3) is 0 Å². The fourth-order valence-corrected chi connectivity index (χ4v) is 2.36. The van der Waals surface area contributed by atoms with Gasteiger partial charge in [0, 0.05) is 23.1 Å². The van der Waals surface area contributed by atoms with Crippen LogP contribution in [0.4, 0.5) is 0 Å². The Balaban J connectivity index is 2.10. The van der Waals surface area contributed by atoms with Crippen LogP contribution < -0.4 is 14.8 Å². The van der Waals surface area contributed by atoms with Crippen LogP contribution in [-0.2, 0) is 13.2 Å². The quantitative estimate of drug-likeness (QED) is 0.841. The third kappa shape index (κ3) is 3.98. The summed E-state index contributed by atoms with van der Waals surface area (Å²) in [4.78, 5) is 1.22. The summed E-state index contributed by atoms with van der Waals surface area (Å²) in [6.45, 7) is 4.44. The molecule has 1 heterocycles. The molecular weight excluding hydrogens is 258 g/mol. The second-order valence-electron chi connectivity index (χ2n) is 4.12. The average molecular weight is 277 g/mol. The molecular formula is C15H19NO2S. The van der Waals surface area contributed by atoms with Gasteiger partial charge in [-0.1, -0.05) is 19.1 Å². The summed E-state index contributed by atoms with van der Waals surface area (Å²) in [6.07, 6.45) is 0. The van der Waals surface area contributed by atoms with Crippen molar-refractivity contribution in [2.45, 2.75) is 20.1 Å². The van der Waals surface area contributed by atoms with Gasteiger partial charge in [0.15, 0.2) is 0 Å². The lowest BCUT2D eigenvalue weighted by Crippen LogP contribution is -2.12. The zero-order valence-electron chi connectivity index (χ0n) is 11.3. The lowest BCUT2D eigenvalue weighted by molar-refractivity contribution is 0.303. The fourth-order valence-electron chi connectivity index (χ4n) is 1.75. The predicted molar refractivity (Wildman–Crippen MR) is 79.0 cm³/mol. The molecule has 0 aliphatic carbocycles. The molecule has 2 rings (SSSR count). The molecule has 4 heteroatoms. The first-order valence-corrected chi connectivity index (χ1v) is 7.24. The SMILES string of the molecule is CCNCc1ccc(OC)cc1OCc1cccs1. The van der Waals surface area contributed by atoms with Gasteiger partial charge in [-0.3, -0.25) is 0 Å². The maximum atomic E-state index is 5.91. The van der Waals surface area contributed by atoms with Crippen LogP contribution in [0.1, 0.15) is 17.4 Å². The Bertz CT molecular complexity index is 497. The minimum Gasteiger partial charge on any atom is -0.497 e. The Morgan fingerprint density at radius 2 is 2.16 bits per heavy atom. The number of thiophene rings is 1. The third-order valence-corrected chi connectivity index (χ3v) is 3.64. The van der Waals surface area contributed by atoms with Crippen molar-refractivity contribution < 1.29 is 9.47 Å². The molecule has 19 heavy (non-hydrogen) atoms. The highest BCUT2D eigenvalue weighted by atomic mass is 32.1. The molecule has 0 spiro atoms. The summed E-state index contributed by atoms with van der Waals surface area (Å²) in [5, 5.41) is 5.38. The molecule has 0 amide bonds. The van der Waals surface area contributed by atoms with E-state index >= 15 is 0 Å². The van der Waals surface area contributed by atoms with Crippen LogP contribution in [0.3, 0.4) is 0 Å². The zero-order chi connectivity index (χ0) is 13.5. The van der Waals surface area contributed by atoms with Gasteiger partial charge >= 0.3 is 0 Å². The van der Waals surface area contributed by atoms with Crippen LogP contribution in [0.2, 0.25) is 0 Å². The topological polar surface area (TPSA) is 30.5 Å². The highest BCUT2D eigenvalue weighted by Crippen LogP contribution is 2.26. The summed E-state index contributed by atoms with van der Waals surface area (Å²) < 4.78 is 11.2. The van der Waals surface area contributed by atoms with E-state index in [0.717, 1.165) is 30.2 Å². The van der Waals surface area contributed by atoms with Crippen molar-refractivity contribution in [1.29, 1.82) is 0 Å². The minimum absolute atomic E-state index is 0.601. The van der Waals surface area contributed by atoms with E-state index in [9.17, 15) is 0 Å². The van der Waals surface area contributed by atoms with E-state index in [0.29, 0.717) is 6.61 Å². The molecule has 0 bridgehead atoms.